The second-order valence-electron chi connectivity index (χ2n) is 6.15. The van der Waals surface area contributed by atoms with Gasteiger partial charge in [0.25, 0.3) is 0 Å². The van der Waals surface area contributed by atoms with Crippen molar-refractivity contribution in [3.8, 4) is 5.13 Å². The summed E-state index contributed by atoms with van der Waals surface area (Å²) in [6, 6.07) is 16.2. The lowest BCUT2D eigenvalue weighted by Crippen LogP contribution is -2.15. The lowest BCUT2D eigenvalue weighted by molar-refractivity contribution is -0.115. The summed E-state index contributed by atoms with van der Waals surface area (Å²) in [5, 5.41) is 7.93. The van der Waals surface area contributed by atoms with Crippen LogP contribution in [0.5, 0.6) is 0 Å². The topological polar surface area (TPSA) is 59.8 Å². The minimum absolute atomic E-state index is 0.0864. The first-order valence-electron chi connectivity index (χ1n) is 8.69. The van der Waals surface area contributed by atoms with Gasteiger partial charge in [-0.25, -0.2) is 9.37 Å². The molecule has 0 bridgehead atoms. The highest BCUT2D eigenvalue weighted by molar-refractivity contribution is 7.99. The zero-order valence-corrected chi connectivity index (χ0v) is 16.7. The number of carbonyl (C=O) groups is 1. The molecule has 142 valence electrons. The summed E-state index contributed by atoms with van der Waals surface area (Å²) in [5.41, 5.74) is 1.46. The molecule has 0 saturated carbocycles. The molecule has 0 aliphatic heterocycles. The molecule has 28 heavy (non-hydrogen) atoms. The van der Waals surface area contributed by atoms with Gasteiger partial charge in [0.1, 0.15) is 11.6 Å². The Morgan fingerprint density at radius 3 is 2.86 bits per heavy atom. The summed E-state index contributed by atoms with van der Waals surface area (Å²) in [5.74, 6) is 0.857. The van der Waals surface area contributed by atoms with Crippen molar-refractivity contribution in [2.45, 2.75) is 18.2 Å². The lowest BCUT2D eigenvalue weighted by Gasteiger charge is -2.06. The van der Waals surface area contributed by atoms with Gasteiger partial charge in [0.2, 0.25) is 11.0 Å². The number of nitrogens with one attached hydrogen (secondary N) is 1. The van der Waals surface area contributed by atoms with Gasteiger partial charge in [-0.05, 0) is 37.3 Å². The molecule has 2 aromatic carbocycles. The predicted molar refractivity (Wildman–Crippen MR) is 112 cm³/mol. The van der Waals surface area contributed by atoms with Gasteiger partial charge in [-0.2, -0.15) is 9.78 Å². The Bertz CT molecular complexity index is 1120. The number of hydrogen-bond donors (Lipinski definition) is 1. The Morgan fingerprint density at radius 2 is 2.04 bits per heavy atom. The van der Waals surface area contributed by atoms with Gasteiger partial charge in [-0.1, -0.05) is 29.5 Å². The fourth-order valence-electron chi connectivity index (χ4n) is 2.69. The number of amides is 1. The standard InChI is InChI=1S/C20H17FN4OS2/c1-13-11-18(23-19(26)9-10-27-15-5-3-2-4-6-15)25(24-13)20-22-16-8-7-14(21)12-17(16)28-20/h2-8,11-12H,9-10H2,1H3,(H,23,26). The third kappa shape index (κ3) is 4.23. The van der Waals surface area contributed by atoms with Crippen LogP contribution in [0.2, 0.25) is 0 Å². The number of thioether (sulfide) groups is 1. The molecule has 1 N–H and O–H groups in total. The maximum atomic E-state index is 13.4. The number of nitrogens with zero attached hydrogens (tertiary/aromatic N) is 3. The zero-order chi connectivity index (χ0) is 19.5. The molecular weight excluding hydrogens is 395 g/mol. The summed E-state index contributed by atoms with van der Waals surface area (Å²) in [7, 11) is 0. The second-order valence-corrected chi connectivity index (χ2v) is 8.33. The van der Waals surface area contributed by atoms with Crippen molar-refractivity contribution < 1.29 is 9.18 Å². The molecular formula is C20H17FN4OS2. The van der Waals surface area contributed by atoms with Gasteiger partial charge in [0.15, 0.2) is 0 Å². The van der Waals surface area contributed by atoms with Crippen LogP contribution >= 0.6 is 23.1 Å². The summed E-state index contributed by atoms with van der Waals surface area (Å²) in [6.07, 6.45) is 0.384. The second kappa shape index (κ2) is 8.12. The first kappa shape index (κ1) is 18.6. The van der Waals surface area contributed by atoms with E-state index in [1.54, 1.807) is 28.6 Å². The van der Waals surface area contributed by atoms with Crippen LogP contribution in [0.15, 0.2) is 59.5 Å². The summed E-state index contributed by atoms with van der Waals surface area (Å²) in [6.45, 7) is 1.85. The van der Waals surface area contributed by atoms with Crippen LogP contribution in [0, 0.1) is 12.7 Å². The van der Waals surface area contributed by atoms with E-state index in [1.165, 1.54) is 23.5 Å². The Kier molecular flexibility index (Phi) is 5.40. The van der Waals surface area contributed by atoms with Crippen LogP contribution in [-0.2, 0) is 4.79 Å². The molecule has 0 radical (unpaired) electrons. The van der Waals surface area contributed by atoms with E-state index < -0.39 is 0 Å². The Balaban J connectivity index is 1.47. The van der Waals surface area contributed by atoms with Gasteiger partial charge < -0.3 is 5.32 Å². The fraction of sp³-hybridized carbons (Fsp3) is 0.150. The minimum atomic E-state index is -0.302. The monoisotopic (exact) mass is 412 g/mol. The quantitative estimate of drug-likeness (QED) is 0.450. The largest absolute Gasteiger partial charge is 0.310 e. The number of aryl methyl sites for hydroxylation is 1. The molecule has 4 rings (SSSR count). The van der Waals surface area contributed by atoms with E-state index in [4.69, 9.17) is 0 Å². The van der Waals surface area contributed by atoms with E-state index in [9.17, 15) is 9.18 Å². The van der Waals surface area contributed by atoms with Gasteiger partial charge in [0.05, 0.1) is 15.9 Å². The average Bonchev–Trinajstić information content (AvgIpc) is 3.25. The lowest BCUT2D eigenvalue weighted by atomic mass is 10.3. The van der Waals surface area contributed by atoms with Crippen molar-refractivity contribution in [1.82, 2.24) is 14.8 Å². The molecule has 8 heteroatoms. The van der Waals surface area contributed by atoms with Gasteiger partial charge in [-0.3, -0.25) is 4.79 Å². The molecule has 0 spiro atoms. The molecule has 5 nitrogen and oxygen atoms in total. The number of halogens is 1. The van der Waals surface area contributed by atoms with E-state index in [0.717, 1.165) is 15.3 Å². The maximum Gasteiger partial charge on any atom is 0.226 e. The van der Waals surface area contributed by atoms with Crippen molar-refractivity contribution >= 4 is 45.0 Å². The molecule has 0 fully saturated rings. The Morgan fingerprint density at radius 1 is 1.21 bits per heavy atom. The van der Waals surface area contributed by atoms with E-state index in [1.807, 2.05) is 37.3 Å². The van der Waals surface area contributed by atoms with E-state index in [-0.39, 0.29) is 11.7 Å². The molecule has 0 aliphatic carbocycles. The van der Waals surface area contributed by atoms with Gasteiger partial charge >= 0.3 is 0 Å². The summed E-state index contributed by atoms with van der Waals surface area (Å²) < 4.78 is 15.8. The molecule has 0 aliphatic rings. The van der Waals surface area contributed by atoms with Crippen LogP contribution in [0.3, 0.4) is 0 Å². The van der Waals surface area contributed by atoms with E-state index >= 15 is 0 Å². The number of benzene rings is 2. The number of carbonyl (C=O) groups excluding carboxylic acids is 1. The third-order valence-corrected chi connectivity index (χ3v) is 5.97. The van der Waals surface area contributed by atoms with Gasteiger partial charge in [-0.15, -0.1) is 11.8 Å². The number of rotatable bonds is 6. The van der Waals surface area contributed by atoms with E-state index in [2.05, 4.69) is 15.4 Å². The maximum absolute atomic E-state index is 13.4. The van der Waals surface area contributed by atoms with Crippen molar-refractivity contribution in [3.63, 3.8) is 0 Å². The Labute approximate surface area is 169 Å². The average molecular weight is 413 g/mol. The van der Waals surface area contributed by atoms with E-state index in [0.29, 0.717) is 28.6 Å². The van der Waals surface area contributed by atoms with Crippen molar-refractivity contribution in [1.29, 1.82) is 0 Å². The molecule has 2 heterocycles. The van der Waals surface area contributed by atoms with Crippen molar-refractivity contribution in [2.75, 3.05) is 11.1 Å². The molecule has 1 amide bonds. The number of fused-ring (bicyclic) bond motifs is 1. The third-order valence-electron chi connectivity index (χ3n) is 3.96. The van der Waals surface area contributed by atoms with Crippen LogP contribution in [-0.4, -0.2) is 26.4 Å². The molecule has 2 aromatic heterocycles. The first-order chi connectivity index (χ1) is 13.6. The van der Waals surface area contributed by atoms with Crippen LogP contribution < -0.4 is 5.32 Å². The zero-order valence-electron chi connectivity index (χ0n) is 15.1. The Hall–Kier alpha value is -2.71. The predicted octanol–water partition coefficient (Wildman–Crippen LogP) is 5.05. The minimum Gasteiger partial charge on any atom is -0.310 e. The number of aromatic nitrogens is 3. The highest BCUT2D eigenvalue weighted by atomic mass is 32.2. The van der Waals surface area contributed by atoms with Crippen molar-refractivity contribution in [2.24, 2.45) is 0 Å². The molecule has 4 aromatic rings. The smallest absolute Gasteiger partial charge is 0.226 e. The number of anilines is 1. The number of thiazole rings is 1. The first-order valence-corrected chi connectivity index (χ1v) is 10.5. The summed E-state index contributed by atoms with van der Waals surface area (Å²) in [4.78, 5) is 18.0. The van der Waals surface area contributed by atoms with Crippen LogP contribution in [0.25, 0.3) is 15.3 Å². The molecule has 0 saturated heterocycles. The highest BCUT2D eigenvalue weighted by Gasteiger charge is 2.15. The van der Waals surface area contributed by atoms with Crippen LogP contribution in [0.4, 0.5) is 10.2 Å². The summed E-state index contributed by atoms with van der Waals surface area (Å²) >= 11 is 2.97. The van der Waals surface area contributed by atoms with Gasteiger partial charge in [0, 0.05) is 23.1 Å². The van der Waals surface area contributed by atoms with Crippen LogP contribution in [0.1, 0.15) is 12.1 Å². The SMILES string of the molecule is Cc1cc(NC(=O)CCSc2ccccc2)n(-c2nc3ccc(F)cc3s2)n1. The molecule has 0 unspecified atom stereocenters. The fourth-order valence-corrected chi connectivity index (χ4v) is 4.52. The molecule has 0 atom stereocenters. The highest BCUT2D eigenvalue weighted by Crippen LogP contribution is 2.28. The number of hydrogen-bond acceptors (Lipinski definition) is 5. The van der Waals surface area contributed by atoms with Crippen molar-refractivity contribution in [3.05, 3.63) is 66.1 Å². The normalized spacial score (nSPS) is 11.1.